The second-order valence-corrected chi connectivity index (χ2v) is 7.33. The zero-order valence-electron chi connectivity index (χ0n) is 16.1. The highest BCUT2D eigenvalue weighted by Crippen LogP contribution is 2.27. The number of aryl methyl sites for hydroxylation is 1. The van der Waals surface area contributed by atoms with Gasteiger partial charge in [-0.2, -0.15) is 0 Å². The summed E-state index contributed by atoms with van der Waals surface area (Å²) in [6, 6.07) is 17.4. The summed E-state index contributed by atoms with van der Waals surface area (Å²) < 4.78 is 0. The van der Waals surface area contributed by atoms with Crippen LogP contribution in [0.5, 0.6) is 0 Å². The molecule has 2 aromatic carbocycles. The summed E-state index contributed by atoms with van der Waals surface area (Å²) >= 11 is 0. The number of anilines is 1. The van der Waals surface area contributed by atoms with Crippen LogP contribution in [0.4, 0.5) is 5.69 Å². The maximum Gasteiger partial charge on any atom is 0.0653 e. The molecule has 1 fully saturated rings. The van der Waals surface area contributed by atoms with E-state index in [-0.39, 0.29) is 12.4 Å². The van der Waals surface area contributed by atoms with E-state index in [1.807, 2.05) is 6.20 Å². The molecule has 0 N–H and O–H groups in total. The van der Waals surface area contributed by atoms with E-state index in [9.17, 15) is 0 Å². The first kappa shape index (κ1) is 19.4. The van der Waals surface area contributed by atoms with Gasteiger partial charge in [0.1, 0.15) is 0 Å². The van der Waals surface area contributed by atoms with Crippen LogP contribution in [0.3, 0.4) is 0 Å². The van der Waals surface area contributed by atoms with Crippen LogP contribution < -0.4 is 4.90 Å². The van der Waals surface area contributed by atoms with Crippen molar-refractivity contribution in [2.75, 3.05) is 18.0 Å². The molecule has 0 saturated carbocycles. The van der Waals surface area contributed by atoms with Crippen molar-refractivity contribution in [3.63, 3.8) is 0 Å². The smallest absolute Gasteiger partial charge is 0.0653 e. The van der Waals surface area contributed by atoms with E-state index in [0.29, 0.717) is 0 Å². The Balaban J connectivity index is 0.00000210. The molecule has 3 heteroatoms. The quantitative estimate of drug-likeness (QED) is 0.516. The summed E-state index contributed by atoms with van der Waals surface area (Å²) in [5, 5.41) is 2.56. The molecular weight excluding hydrogens is 352 g/mol. The Hall–Kier alpha value is -2.32. The largest absolute Gasteiger partial charge is 0.371 e. The molecule has 2 heterocycles. The van der Waals surface area contributed by atoms with E-state index in [1.165, 1.54) is 52.4 Å². The topological polar surface area (TPSA) is 16.1 Å². The summed E-state index contributed by atoms with van der Waals surface area (Å²) in [5.74, 6) is 0. The average molecular weight is 379 g/mol. The number of hydrogen-bond donors (Lipinski definition) is 0. The van der Waals surface area contributed by atoms with Crippen molar-refractivity contribution in [1.82, 2.24) is 4.98 Å². The zero-order valence-corrected chi connectivity index (χ0v) is 16.9. The van der Waals surface area contributed by atoms with Gasteiger partial charge in [-0.05, 0) is 78.8 Å². The van der Waals surface area contributed by atoms with Gasteiger partial charge in [0.2, 0.25) is 0 Å². The van der Waals surface area contributed by atoms with Gasteiger partial charge < -0.3 is 4.90 Å². The minimum Gasteiger partial charge on any atom is -0.371 e. The van der Waals surface area contributed by atoms with E-state index in [1.54, 1.807) is 0 Å². The maximum absolute atomic E-state index is 4.66. The Bertz CT molecular complexity index is 956. The monoisotopic (exact) mass is 378 g/mol. The molecule has 1 aromatic heterocycles. The third-order valence-corrected chi connectivity index (χ3v) is 5.36. The fourth-order valence-corrected chi connectivity index (χ4v) is 3.82. The number of fused-ring (bicyclic) bond motifs is 1. The van der Waals surface area contributed by atoms with Crippen LogP contribution in [0.1, 0.15) is 43.0 Å². The third kappa shape index (κ3) is 4.33. The lowest BCUT2D eigenvalue weighted by molar-refractivity contribution is 0.577. The van der Waals surface area contributed by atoms with Crippen molar-refractivity contribution < 1.29 is 0 Å². The molecular formula is C24H27ClN2. The van der Waals surface area contributed by atoms with Gasteiger partial charge in [0, 0.05) is 25.0 Å². The lowest BCUT2D eigenvalue weighted by atomic mass is 10.0. The Morgan fingerprint density at radius 1 is 0.963 bits per heavy atom. The predicted molar refractivity (Wildman–Crippen MR) is 120 cm³/mol. The number of nitrogens with zero attached hydrogens (tertiary/aromatic N) is 2. The van der Waals surface area contributed by atoms with Crippen molar-refractivity contribution in [3.8, 4) is 0 Å². The lowest BCUT2D eigenvalue weighted by Gasteiger charge is -2.30. The number of rotatable bonds is 3. The molecule has 1 aliphatic heterocycles. The number of benzene rings is 2. The van der Waals surface area contributed by atoms with Gasteiger partial charge in [-0.15, -0.1) is 12.4 Å². The summed E-state index contributed by atoms with van der Waals surface area (Å²) in [6.45, 7) is 6.67. The molecule has 0 spiro atoms. The van der Waals surface area contributed by atoms with Crippen LogP contribution in [0.15, 0.2) is 54.7 Å². The molecule has 0 bridgehead atoms. The van der Waals surface area contributed by atoms with E-state index >= 15 is 0 Å². The maximum atomic E-state index is 4.66. The van der Waals surface area contributed by atoms with E-state index < -0.39 is 0 Å². The molecule has 0 amide bonds. The fraction of sp³-hybridized carbons (Fsp3) is 0.292. The molecule has 27 heavy (non-hydrogen) atoms. The Morgan fingerprint density at radius 2 is 1.70 bits per heavy atom. The molecule has 0 unspecified atom stereocenters. The molecule has 4 rings (SSSR count). The second-order valence-electron chi connectivity index (χ2n) is 7.33. The van der Waals surface area contributed by atoms with E-state index in [4.69, 9.17) is 0 Å². The highest BCUT2D eigenvalue weighted by molar-refractivity contribution is 5.89. The van der Waals surface area contributed by atoms with Crippen LogP contribution >= 0.6 is 12.4 Å². The highest BCUT2D eigenvalue weighted by Gasteiger charge is 2.13. The van der Waals surface area contributed by atoms with Crippen molar-refractivity contribution in [2.24, 2.45) is 0 Å². The molecule has 0 radical (unpaired) electrons. The number of aromatic nitrogens is 1. The van der Waals surface area contributed by atoms with Gasteiger partial charge in [0.05, 0.1) is 5.69 Å². The van der Waals surface area contributed by atoms with E-state index in [2.05, 4.69) is 78.3 Å². The van der Waals surface area contributed by atoms with Crippen LogP contribution in [-0.2, 0) is 0 Å². The summed E-state index contributed by atoms with van der Waals surface area (Å²) in [5.41, 5.74) is 6.16. The number of piperidine rings is 1. The number of pyridine rings is 1. The molecule has 2 nitrogen and oxygen atoms in total. The van der Waals surface area contributed by atoms with Gasteiger partial charge in [-0.25, -0.2) is 0 Å². The van der Waals surface area contributed by atoms with Crippen LogP contribution in [0, 0.1) is 6.92 Å². The predicted octanol–water partition coefficient (Wildman–Crippen LogP) is 6.52. The van der Waals surface area contributed by atoms with Crippen LogP contribution in [0.25, 0.3) is 22.4 Å². The zero-order chi connectivity index (χ0) is 17.9. The molecule has 1 saturated heterocycles. The van der Waals surface area contributed by atoms with Gasteiger partial charge in [-0.1, -0.05) is 36.4 Å². The first-order valence-corrected chi connectivity index (χ1v) is 9.60. The lowest BCUT2D eigenvalue weighted by Crippen LogP contribution is -2.30. The van der Waals surface area contributed by atoms with Crippen molar-refractivity contribution in [1.29, 1.82) is 0 Å². The fourth-order valence-electron chi connectivity index (χ4n) is 3.82. The van der Waals surface area contributed by atoms with Gasteiger partial charge in [0.25, 0.3) is 0 Å². The van der Waals surface area contributed by atoms with Gasteiger partial charge >= 0.3 is 0 Å². The number of halogens is 1. The van der Waals surface area contributed by atoms with E-state index in [0.717, 1.165) is 18.8 Å². The highest BCUT2D eigenvalue weighted by atomic mass is 35.5. The normalized spacial score (nSPS) is 14.9. The minimum absolute atomic E-state index is 0. The van der Waals surface area contributed by atoms with Crippen molar-refractivity contribution in [3.05, 3.63) is 71.5 Å². The van der Waals surface area contributed by atoms with Crippen LogP contribution in [-0.4, -0.2) is 18.1 Å². The van der Waals surface area contributed by atoms with Gasteiger partial charge in [-0.3, -0.25) is 4.98 Å². The van der Waals surface area contributed by atoms with Crippen LogP contribution in [0.2, 0.25) is 0 Å². The molecule has 0 aliphatic carbocycles. The van der Waals surface area contributed by atoms with Crippen molar-refractivity contribution in [2.45, 2.75) is 33.1 Å². The third-order valence-electron chi connectivity index (χ3n) is 5.36. The Labute approximate surface area is 168 Å². The molecule has 1 aliphatic rings. The average Bonchev–Trinajstić information content (AvgIpc) is 2.69. The molecule has 140 valence electrons. The van der Waals surface area contributed by atoms with Crippen molar-refractivity contribution >= 4 is 40.5 Å². The number of hydrogen-bond acceptors (Lipinski definition) is 2. The summed E-state index contributed by atoms with van der Waals surface area (Å²) in [7, 11) is 0. The SMILES string of the molecule is C/C(=C\c1cc(N2CCCCC2)c(C)cn1)c1ccc2ccccc2c1.Cl. The minimum atomic E-state index is 0. The number of allylic oxidation sites excluding steroid dienone is 1. The second kappa shape index (κ2) is 8.58. The standard InChI is InChI=1S/C24H26N2.ClH/c1-18(21-11-10-20-8-4-5-9-22(20)15-21)14-23-16-24(19(2)17-25-23)26-12-6-3-7-13-26;/h4-5,8-11,14-17H,3,6-7,12-13H2,1-2H3;1H/b18-14+;. The summed E-state index contributed by atoms with van der Waals surface area (Å²) in [6.07, 6.45) is 8.17. The Morgan fingerprint density at radius 3 is 2.48 bits per heavy atom. The Kier molecular flexibility index (Phi) is 6.18. The first-order chi connectivity index (χ1) is 12.7. The first-order valence-electron chi connectivity index (χ1n) is 9.60. The summed E-state index contributed by atoms with van der Waals surface area (Å²) in [4.78, 5) is 7.18. The van der Waals surface area contributed by atoms with Gasteiger partial charge in [0.15, 0.2) is 0 Å². The molecule has 3 aromatic rings. The molecule has 0 atom stereocenters.